The second-order valence-electron chi connectivity index (χ2n) is 8.59. The summed E-state index contributed by atoms with van der Waals surface area (Å²) in [6.45, 7) is 6.45. The molecule has 1 aliphatic rings. The lowest BCUT2D eigenvalue weighted by atomic mass is 10.0. The Morgan fingerprint density at radius 1 is 0.903 bits per heavy atom. The monoisotopic (exact) mass is 415 g/mol. The predicted octanol–water partition coefficient (Wildman–Crippen LogP) is 2.62. The number of hydrogen-bond donors (Lipinski definition) is 3. The number of amides is 1. The lowest BCUT2D eigenvalue weighted by molar-refractivity contribution is -0.901. The van der Waals surface area contributed by atoms with Gasteiger partial charge in [0.05, 0.1) is 13.1 Å². The molecule has 1 heterocycles. The highest BCUT2D eigenvalue weighted by molar-refractivity contribution is 5.94. The van der Waals surface area contributed by atoms with Gasteiger partial charge in [-0.2, -0.15) is 0 Å². The van der Waals surface area contributed by atoms with Crippen molar-refractivity contribution >= 4 is 11.6 Å². The van der Waals surface area contributed by atoms with E-state index >= 15 is 0 Å². The van der Waals surface area contributed by atoms with E-state index in [1.165, 1.54) is 42.6 Å². The second kappa shape index (κ2) is 10.4. The van der Waals surface area contributed by atoms with E-state index in [4.69, 9.17) is 0 Å². The quantitative estimate of drug-likeness (QED) is 0.521. The molecule has 0 saturated carbocycles. The number of carbonyl (C=O) groups is 1. The van der Waals surface area contributed by atoms with Crippen molar-refractivity contribution in [2.45, 2.75) is 38.9 Å². The van der Waals surface area contributed by atoms with E-state index in [1.807, 2.05) is 61.5 Å². The first-order valence-electron chi connectivity index (χ1n) is 11.4. The van der Waals surface area contributed by atoms with E-state index in [-0.39, 0.29) is 11.9 Å². The number of nitrogens with one attached hydrogen (secondary N) is 2. The summed E-state index contributed by atoms with van der Waals surface area (Å²) in [6.07, 6.45) is 2.66. The van der Waals surface area contributed by atoms with E-state index in [9.17, 15) is 4.79 Å². The van der Waals surface area contributed by atoms with Gasteiger partial charge in [0.2, 0.25) is 0 Å². The molecule has 0 bridgehead atoms. The first-order valence-corrected chi connectivity index (χ1v) is 11.4. The molecule has 160 valence electrons. The predicted molar refractivity (Wildman–Crippen MR) is 125 cm³/mol. The first kappa shape index (κ1) is 21.3. The van der Waals surface area contributed by atoms with Gasteiger partial charge in [0, 0.05) is 35.2 Å². The first-order chi connectivity index (χ1) is 15.2. The van der Waals surface area contributed by atoms with Gasteiger partial charge >= 0.3 is 0 Å². The van der Waals surface area contributed by atoms with Gasteiger partial charge in [-0.05, 0) is 19.1 Å². The number of anilines is 1. The van der Waals surface area contributed by atoms with Crippen LogP contribution in [0.4, 0.5) is 5.69 Å². The largest absolute Gasteiger partial charge is 0.331 e. The van der Waals surface area contributed by atoms with Gasteiger partial charge in [0.15, 0.2) is 6.04 Å². The number of benzene rings is 3. The van der Waals surface area contributed by atoms with Gasteiger partial charge in [-0.1, -0.05) is 72.3 Å². The number of carbonyl (C=O) groups excluding carboxylic acids is 1. The Hall–Kier alpha value is -2.95. The molecule has 4 heteroatoms. The summed E-state index contributed by atoms with van der Waals surface area (Å²) in [5.74, 6) is 0.0118. The van der Waals surface area contributed by atoms with Crippen molar-refractivity contribution in [1.82, 2.24) is 0 Å². The topological polar surface area (TPSA) is 50.1 Å². The molecular formula is C27H33N3O+2. The molecule has 1 saturated heterocycles. The molecule has 0 aromatic heterocycles. The highest BCUT2D eigenvalue weighted by Crippen LogP contribution is 2.15. The lowest BCUT2D eigenvalue weighted by Crippen LogP contribution is -3.08. The summed E-state index contributed by atoms with van der Waals surface area (Å²) in [6, 6.07) is 26.4. The summed E-state index contributed by atoms with van der Waals surface area (Å²) in [5.41, 5.74) is 5.77. The number of likely N-dealkylation sites (tertiary alicyclic amines) is 1. The maximum Gasteiger partial charge on any atom is 0.287 e. The third kappa shape index (κ3) is 5.81. The molecular weight excluding hydrogens is 382 g/mol. The second-order valence-corrected chi connectivity index (χ2v) is 8.59. The Labute approximate surface area is 185 Å². The Morgan fingerprint density at radius 3 is 2.26 bits per heavy atom. The van der Waals surface area contributed by atoms with Crippen LogP contribution in [0.5, 0.6) is 0 Å². The summed E-state index contributed by atoms with van der Waals surface area (Å²) in [4.78, 5) is 14.9. The maximum atomic E-state index is 13.2. The highest BCUT2D eigenvalue weighted by Gasteiger charge is 2.25. The number of aryl methyl sites for hydroxylation is 1. The number of rotatable bonds is 8. The van der Waals surface area contributed by atoms with Crippen LogP contribution in [0.2, 0.25) is 0 Å². The molecule has 0 spiro atoms. The van der Waals surface area contributed by atoms with Crippen molar-refractivity contribution in [1.29, 1.82) is 0 Å². The molecule has 4 nitrogen and oxygen atoms in total. The normalized spacial score (nSPS) is 15.0. The smallest absolute Gasteiger partial charge is 0.287 e. The van der Waals surface area contributed by atoms with E-state index in [1.54, 1.807) is 4.90 Å². The van der Waals surface area contributed by atoms with Crippen LogP contribution in [0.25, 0.3) is 0 Å². The van der Waals surface area contributed by atoms with Gasteiger partial charge in [-0.15, -0.1) is 0 Å². The van der Waals surface area contributed by atoms with Crippen molar-refractivity contribution in [3.05, 3.63) is 101 Å². The van der Waals surface area contributed by atoms with Crippen molar-refractivity contribution in [3.8, 4) is 0 Å². The minimum absolute atomic E-state index is 0.0118. The van der Waals surface area contributed by atoms with Crippen LogP contribution in [0.15, 0.2) is 78.9 Å². The van der Waals surface area contributed by atoms with Gasteiger partial charge in [0.1, 0.15) is 13.1 Å². The molecule has 4 rings (SSSR count). The average Bonchev–Trinajstić information content (AvgIpc) is 3.30. The maximum absolute atomic E-state index is 13.2. The molecule has 1 amide bonds. The van der Waals surface area contributed by atoms with Crippen molar-refractivity contribution < 1.29 is 15.0 Å². The van der Waals surface area contributed by atoms with Crippen LogP contribution >= 0.6 is 0 Å². The number of hydrogen-bond acceptors (Lipinski definition) is 1. The van der Waals surface area contributed by atoms with Crippen LogP contribution in [0, 0.1) is 6.92 Å². The third-order valence-corrected chi connectivity index (χ3v) is 6.20. The molecule has 1 atom stereocenters. The molecule has 1 fully saturated rings. The van der Waals surface area contributed by atoms with E-state index in [0.717, 1.165) is 24.3 Å². The Bertz CT molecular complexity index is 979. The highest BCUT2D eigenvalue weighted by atomic mass is 16.2. The summed E-state index contributed by atoms with van der Waals surface area (Å²) in [7, 11) is 0. The Kier molecular flexibility index (Phi) is 7.13. The van der Waals surface area contributed by atoms with Crippen LogP contribution in [0.3, 0.4) is 0 Å². The molecule has 4 N–H and O–H groups in total. The van der Waals surface area contributed by atoms with Gasteiger partial charge < -0.3 is 15.5 Å². The zero-order chi connectivity index (χ0) is 21.5. The van der Waals surface area contributed by atoms with E-state index in [2.05, 4.69) is 34.9 Å². The molecule has 31 heavy (non-hydrogen) atoms. The van der Waals surface area contributed by atoms with E-state index in [0.29, 0.717) is 0 Å². The zero-order valence-electron chi connectivity index (χ0n) is 18.3. The molecule has 0 radical (unpaired) electrons. The fourth-order valence-electron chi connectivity index (χ4n) is 4.41. The fraction of sp³-hybridized carbons (Fsp3) is 0.296. The molecule has 3 aromatic carbocycles. The van der Waals surface area contributed by atoms with Gasteiger partial charge in [0.25, 0.3) is 5.91 Å². The lowest BCUT2D eigenvalue weighted by Gasteiger charge is -2.18. The van der Waals surface area contributed by atoms with Crippen molar-refractivity contribution in [3.63, 3.8) is 0 Å². The molecule has 0 aliphatic carbocycles. The standard InChI is InChI=1S/C27H31N3O/c1-21-13-15-25(16-14-21)29-27(31)26(22-9-3-2-4-10-22)28-19-23-11-5-6-12-24(23)20-30-17-7-8-18-30/h2-6,9-16,26,28H,7-8,17-20H2,1H3,(H,29,31)/p+2/t26-/m0/s1. The van der Waals surface area contributed by atoms with E-state index < -0.39 is 0 Å². The van der Waals surface area contributed by atoms with Crippen LogP contribution in [-0.2, 0) is 17.9 Å². The number of quaternary nitrogens is 2. The van der Waals surface area contributed by atoms with Crippen molar-refractivity contribution in [2.75, 3.05) is 18.4 Å². The third-order valence-electron chi connectivity index (χ3n) is 6.20. The molecule has 3 aromatic rings. The van der Waals surface area contributed by atoms with Crippen molar-refractivity contribution in [2.24, 2.45) is 0 Å². The Balaban J connectivity index is 1.49. The molecule has 1 aliphatic heterocycles. The fourth-order valence-corrected chi connectivity index (χ4v) is 4.41. The summed E-state index contributed by atoms with van der Waals surface area (Å²) >= 11 is 0. The zero-order valence-corrected chi connectivity index (χ0v) is 18.3. The average molecular weight is 416 g/mol. The molecule has 0 unspecified atom stereocenters. The van der Waals surface area contributed by atoms with Crippen LogP contribution in [-0.4, -0.2) is 19.0 Å². The minimum atomic E-state index is -0.297. The summed E-state index contributed by atoms with van der Waals surface area (Å²) in [5, 5.41) is 5.27. The van der Waals surface area contributed by atoms with Crippen LogP contribution < -0.4 is 15.5 Å². The summed E-state index contributed by atoms with van der Waals surface area (Å²) < 4.78 is 0. The SMILES string of the molecule is Cc1ccc(NC(=O)[C@@H]([NH2+]Cc2ccccc2C[NH+]2CCCC2)c2ccccc2)cc1. The van der Waals surface area contributed by atoms with Gasteiger partial charge in [-0.3, -0.25) is 4.79 Å². The van der Waals surface area contributed by atoms with Crippen LogP contribution in [0.1, 0.15) is 41.1 Å². The Morgan fingerprint density at radius 2 is 1.55 bits per heavy atom. The number of nitrogens with two attached hydrogens (primary N) is 1. The minimum Gasteiger partial charge on any atom is -0.331 e. The van der Waals surface area contributed by atoms with Gasteiger partial charge in [-0.25, -0.2) is 0 Å².